The first-order valence-corrected chi connectivity index (χ1v) is 9.16. The zero-order valence-corrected chi connectivity index (χ0v) is 13.4. The molecule has 0 saturated carbocycles. The topological polar surface area (TPSA) is 43.4 Å². The average molecular weight is 374 g/mol. The summed E-state index contributed by atoms with van der Waals surface area (Å²) in [6.07, 6.45) is 3.04. The van der Waals surface area contributed by atoms with Crippen molar-refractivity contribution < 1.29 is 17.5 Å². The van der Waals surface area contributed by atoms with Crippen LogP contribution in [0.3, 0.4) is 0 Å². The highest BCUT2D eigenvalue weighted by atomic mass is 79.9. The second-order valence-corrected chi connectivity index (χ2v) is 7.83. The molecule has 1 aromatic carbocycles. The second-order valence-electron chi connectivity index (χ2n) is 4.08. The molecule has 3 nitrogen and oxygen atoms in total. The number of halogens is 3. The number of hydrogen-bond acceptors (Lipinski definition) is 3. The van der Waals surface area contributed by atoms with Gasteiger partial charge in [-0.25, -0.2) is 12.8 Å². The largest absolute Gasteiger partial charge is 0.494 e. The molecule has 0 radical (unpaired) electrons. The lowest BCUT2D eigenvalue weighted by Gasteiger charge is -2.06. The number of ether oxygens (including phenoxy) is 1. The molecule has 1 aromatic rings. The Kier molecular flexibility index (Phi) is 7.10. The summed E-state index contributed by atoms with van der Waals surface area (Å²) >= 11 is 3.08. The fourth-order valence-corrected chi connectivity index (χ4v) is 2.72. The fraction of sp³-hybridized carbons (Fsp3) is 0.500. The molecule has 0 fully saturated rings. The van der Waals surface area contributed by atoms with Crippen molar-refractivity contribution in [3.63, 3.8) is 0 Å². The van der Waals surface area contributed by atoms with Crippen molar-refractivity contribution in [3.05, 3.63) is 28.5 Å². The van der Waals surface area contributed by atoms with E-state index in [1.165, 1.54) is 6.07 Å². The normalized spacial score (nSPS) is 11.5. The first-order valence-electron chi connectivity index (χ1n) is 5.89. The minimum absolute atomic E-state index is 0.0142. The molecule has 0 aliphatic carbocycles. The van der Waals surface area contributed by atoms with Crippen molar-refractivity contribution in [1.82, 2.24) is 0 Å². The van der Waals surface area contributed by atoms with Gasteiger partial charge in [-0.3, -0.25) is 0 Å². The SMILES string of the molecule is O=S(=O)(Cl)CCCCCCOc1ccc(F)c(Br)c1. The Bertz CT molecular complexity index is 508. The van der Waals surface area contributed by atoms with Gasteiger partial charge in [0, 0.05) is 10.7 Å². The van der Waals surface area contributed by atoms with Crippen LogP contribution >= 0.6 is 26.6 Å². The van der Waals surface area contributed by atoms with E-state index in [4.69, 9.17) is 15.4 Å². The highest BCUT2D eigenvalue weighted by Crippen LogP contribution is 2.21. The summed E-state index contributed by atoms with van der Waals surface area (Å²) in [7, 11) is 1.72. The Morgan fingerprint density at radius 3 is 2.53 bits per heavy atom. The Balaban J connectivity index is 2.12. The fourth-order valence-electron chi connectivity index (χ4n) is 1.49. The van der Waals surface area contributed by atoms with E-state index in [0.717, 1.165) is 19.3 Å². The second kappa shape index (κ2) is 8.07. The standard InChI is InChI=1S/C12H15BrClFO3S/c13-11-9-10(5-6-12(11)15)18-7-3-1-2-4-8-19(14,16)17/h5-6,9H,1-4,7-8H2. The molecule has 0 amide bonds. The third-order valence-corrected chi connectivity index (χ3v) is 4.29. The molecule has 0 bridgehead atoms. The monoisotopic (exact) mass is 372 g/mol. The molecule has 108 valence electrons. The first-order chi connectivity index (χ1) is 8.88. The van der Waals surface area contributed by atoms with Gasteiger partial charge >= 0.3 is 0 Å². The Morgan fingerprint density at radius 2 is 1.89 bits per heavy atom. The molecule has 0 saturated heterocycles. The minimum atomic E-state index is -3.37. The van der Waals surface area contributed by atoms with Gasteiger partial charge in [-0.15, -0.1) is 0 Å². The molecule has 0 heterocycles. The molecular formula is C12H15BrClFO3S. The van der Waals surface area contributed by atoms with Crippen LogP contribution in [-0.4, -0.2) is 20.8 Å². The van der Waals surface area contributed by atoms with Crippen LogP contribution < -0.4 is 4.74 Å². The van der Waals surface area contributed by atoms with Gasteiger partial charge in [0.2, 0.25) is 9.05 Å². The Hall–Kier alpha value is -0.330. The Labute approximate surface area is 125 Å². The van der Waals surface area contributed by atoms with Crippen LogP contribution in [0.2, 0.25) is 0 Å². The summed E-state index contributed by atoms with van der Waals surface area (Å²) < 4.78 is 40.1. The highest BCUT2D eigenvalue weighted by Gasteiger charge is 2.04. The van der Waals surface area contributed by atoms with E-state index < -0.39 is 9.05 Å². The van der Waals surface area contributed by atoms with Crippen LogP contribution in [0, 0.1) is 5.82 Å². The summed E-state index contributed by atoms with van der Waals surface area (Å²) in [5.74, 6) is 0.298. The van der Waals surface area contributed by atoms with Crippen LogP contribution in [0.15, 0.2) is 22.7 Å². The maximum atomic E-state index is 13.0. The lowest BCUT2D eigenvalue weighted by Crippen LogP contribution is -1.99. The number of hydrogen-bond donors (Lipinski definition) is 0. The molecule has 0 aliphatic heterocycles. The van der Waals surface area contributed by atoms with E-state index in [9.17, 15) is 12.8 Å². The van der Waals surface area contributed by atoms with Gasteiger partial charge in [-0.05, 0) is 47.0 Å². The average Bonchev–Trinajstić information content (AvgIpc) is 2.31. The summed E-state index contributed by atoms with van der Waals surface area (Å²) in [6, 6.07) is 4.49. The zero-order chi connectivity index (χ0) is 14.3. The molecule has 0 N–H and O–H groups in total. The third-order valence-electron chi connectivity index (χ3n) is 2.44. The van der Waals surface area contributed by atoms with Crippen molar-refractivity contribution in [2.45, 2.75) is 25.7 Å². The van der Waals surface area contributed by atoms with Crippen LogP contribution in [0.5, 0.6) is 5.75 Å². The molecule has 0 spiro atoms. The molecule has 7 heteroatoms. The minimum Gasteiger partial charge on any atom is -0.494 e. The lowest BCUT2D eigenvalue weighted by atomic mass is 10.2. The molecule has 0 aromatic heterocycles. The predicted molar refractivity (Wildman–Crippen MR) is 77.7 cm³/mol. The van der Waals surface area contributed by atoms with Crippen LogP contribution in [0.1, 0.15) is 25.7 Å². The quantitative estimate of drug-likeness (QED) is 0.509. The molecule has 0 aliphatic rings. The first kappa shape index (κ1) is 16.7. The van der Waals surface area contributed by atoms with E-state index in [1.807, 2.05) is 0 Å². The highest BCUT2D eigenvalue weighted by molar-refractivity contribution is 9.10. The van der Waals surface area contributed by atoms with Gasteiger partial charge in [-0.1, -0.05) is 12.8 Å². The van der Waals surface area contributed by atoms with Gasteiger partial charge in [0.25, 0.3) is 0 Å². The number of rotatable bonds is 8. The van der Waals surface area contributed by atoms with Crippen LogP contribution in [0.25, 0.3) is 0 Å². The summed E-state index contributed by atoms with van der Waals surface area (Å²) in [5, 5.41) is 0. The van der Waals surface area contributed by atoms with Gasteiger partial charge in [0.15, 0.2) is 0 Å². The maximum absolute atomic E-state index is 13.0. The van der Waals surface area contributed by atoms with Crippen molar-refractivity contribution in [3.8, 4) is 5.75 Å². The van der Waals surface area contributed by atoms with Crippen LogP contribution in [0.4, 0.5) is 4.39 Å². The molecule has 0 atom stereocenters. The third kappa shape index (κ3) is 7.74. The summed E-state index contributed by atoms with van der Waals surface area (Å²) in [5.41, 5.74) is 0. The van der Waals surface area contributed by atoms with E-state index >= 15 is 0 Å². The van der Waals surface area contributed by atoms with Crippen molar-refractivity contribution in [2.75, 3.05) is 12.4 Å². The predicted octanol–water partition coefficient (Wildman–Crippen LogP) is 4.10. The molecule has 1 rings (SSSR count). The smallest absolute Gasteiger partial charge is 0.232 e. The zero-order valence-electron chi connectivity index (χ0n) is 10.2. The van der Waals surface area contributed by atoms with E-state index in [0.29, 0.717) is 23.2 Å². The van der Waals surface area contributed by atoms with Gasteiger partial charge in [0.1, 0.15) is 11.6 Å². The molecule has 19 heavy (non-hydrogen) atoms. The number of unbranched alkanes of at least 4 members (excludes halogenated alkanes) is 3. The summed E-state index contributed by atoms with van der Waals surface area (Å²) in [6.45, 7) is 0.520. The van der Waals surface area contributed by atoms with Crippen LogP contribution in [-0.2, 0) is 9.05 Å². The van der Waals surface area contributed by atoms with E-state index in [-0.39, 0.29) is 11.6 Å². The van der Waals surface area contributed by atoms with Crippen molar-refractivity contribution >= 4 is 35.7 Å². The summed E-state index contributed by atoms with van der Waals surface area (Å²) in [4.78, 5) is 0. The van der Waals surface area contributed by atoms with Gasteiger partial charge in [0.05, 0.1) is 16.8 Å². The van der Waals surface area contributed by atoms with Crippen molar-refractivity contribution in [1.29, 1.82) is 0 Å². The number of benzene rings is 1. The van der Waals surface area contributed by atoms with E-state index in [2.05, 4.69) is 15.9 Å². The van der Waals surface area contributed by atoms with Gasteiger partial charge in [-0.2, -0.15) is 0 Å². The lowest BCUT2D eigenvalue weighted by molar-refractivity contribution is 0.304. The van der Waals surface area contributed by atoms with Crippen molar-refractivity contribution in [2.24, 2.45) is 0 Å². The van der Waals surface area contributed by atoms with E-state index in [1.54, 1.807) is 12.1 Å². The molecular weight excluding hydrogens is 359 g/mol. The van der Waals surface area contributed by atoms with Gasteiger partial charge < -0.3 is 4.74 Å². The molecule has 0 unspecified atom stereocenters. The maximum Gasteiger partial charge on any atom is 0.232 e. The Morgan fingerprint density at radius 1 is 1.21 bits per heavy atom.